The van der Waals surface area contributed by atoms with Crippen LogP contribution in [0.15, 0.2) is 23.8 Å². The average molecular weight is 493 g/mol. The fraction of sp³-hybridized carbons (Fsp3) is 0.786. The van der Waals surface area contributed by atoms with E-state index in [0.29, 0.717) is 18.4 Å². The van der Waals surface area contributed by atoms with E-state index in [4.69, 9.17) is 18.9 Å². The Bertz CT molecular complexity index is 897. The molecule has 7 heteroatoms. The Morgan fingerprint density at radius 2 is 1.83 bits per heavy atom. The van der Waals surface area contributed by atoms with E-state index < -0.39 is 46.1 Å². The summed E-state index contributed by atoms with van der Waals surface area (Å²) >= 11 is 0. The number of aliphatic hydroxyl groups is 1. The minimum absolute atomic E-state index is 0.00515. The molecule has 2 fully saturated rings. The number of allylic oxidation sites excluding steroid dienone is 1. The van der Waals surface area contributed by atoms with Gasteiger partial charge in [-0.15, -0.1) is 0 Å². The van der Waals surface area contributed by atoms with E-state index in [0.717, 1.165) is 12.0 Å². The lowest BCUT2D eigenvalue weighted by Crippen LogP contribution is -2.70. The summed E-state index contributed by atoms with van der Waals surface area (Å²) in [7, 11) is 1.54. The van der Waals surface area contributed by atoms with E-state index in [9.17, 15) is 14.7 Å². The van der Waals surface area contributed by atoms with Crippen molar-refractivity contribution in [3.63, 3.8) is 0 Å². The molecule has 0 spiro atoms. The van der Waals surface area contributed by atoms with Crippen LogP contribution < -0.4 is 0 Å². The number of carbonyl (C=O) groups is 2. The summed E-state index contributed by atoms with van der Waals surface area (Å²) in [6.45, 7) is 19.4. The maximum absolute atomic E-state index is 13.6. The monoisotopic (exact) mass is 492 g/mol. The Balaban J connectivity index is 2.32. The third-order valence-corrected chi connectivity index (χ3v) is 8.57. The second-order valence-corrected chi connectivity index (χ2v) is 12.4. The normalized spacial score (nSPS) is 39.3. The molecule has 0 aliphatic heterocycles. The molecule has 1 N–H and O–H groups in total. The van der Waals surface area contributed by atoms with E-state index >= 15 is 0 Å². The summed E-state index contributed by atoms with van der Waals surface area (Å²) in [6.07, 6.45) is 1.63. The molecule has 3 rings (SSSR count). The Hall–Kier alpha value is -1.54. The van der Waals surface area contributed by atoms with Crippen LogP contribution in [-0.4, -0.2) is 60.3 Å². The van der Waals surface area contributed by atoms with Crippen molar-refractivity contribution in [1.82, 2.24) is 0 Å². The number of methoxy groups -OCH3 is 1. The number of ether oxygens (including phenoxy) is 4. The Labute approximate surface area is 210 Å². The summed E-state index contributed by atoms with van der Waals surface area (Å²) in [4.78, 5) is 26.1. The van der Waals surface area contributed by atoms with Crippen LogP contribution in [0, 0.1) is 22.7 Å². The van der Waals surface area contributed by atoms with Gasteiger partial charge in [-0.2, -0.15) is 0 Å². The summed E-state index contributed by atoms with van der Waals surface area (Å²) in [5.41, 5.74) is -2.09. The lowest BCUT2D eigenvalue weighted by atomic mass is 9.47. The number of fused-ring (bicyclic) bond motifs is 3. The minimum Gasteiger partial charge on any atom is -0.461 e. The first-order valence-corrected chi connectivity index (χ1v) is 12.6. The maximum Gasteiger partial charge on any atom is 0.302 e. The molecule has 0 radical (unpaired) electrons. The summed E-state index contributed by atoms with van der Waals surface area (Å²) in [5, 5.41) is 12.4. The molecular formula is C28H44O7. The second kappa shape index (κ2) is 9.40. The van der Waals surface area contributed by atoms with Crippen molar-refractivity contribution < 1.29 is 33.6 Å². The predicted molar refractivity (Wildman–Crippen MR) is 133 cm³/mol. The molecule has 7 nitrogen and oxygen atoms in total. The molecule has 198 valence electrons. The van der Waals surface area contributed by atoms with Gasteiger partial charge in [0.15, 0.2) is 5.78 Å². The number of carbonyl (C=O) groups excluding carboxylic acids is 2. The van der Waals surface area contributed by atoms with Crippen molar-refractivity contribution in [2.24, 2.45) is 22.7 Å². The fourth-order valence-electron chi connectivity index (χ4n) is 7.11. The van der Waals surface area contributed by atoms with Crippen molar-refractivity contribution >= 4 is 11.8 Å². The van der Waals surface area contributed by atoms with Gasteiger partial charge in [-0.1, -0.05) is 32.9 Å². The molecule has 3 aliphatic rings. The summed E-state index contributed by atoms with van der Waals surface area (Å²) in [6, 6.07) is 0. The van der Waals surface area contributed by atoms with Crippen LogP contribution in [0.1, 0.15) is 74.7 Å². The second-order valence-electron chi connectivity index (χ2n) is 12.4. The Morgan fingerprint density at radius 3 is 2.37 bits per heavy atom. The molecule has 7 atom stereocenters. The van der Waals surface area contributed by atoms with Crippen LogP contribution in [0.2, 0.25) is 0 Å². The quantitative estimate of drug-likeness (QED) is 0.346. The highest BCUT2D eigenvalue weighted by atomic mass is 16.7. The molecule has 2 bridgehead atoms. The molecule has 0 aromatic carbocycles. The van der Waals surface area contributed by atoms with E-state index in [2.05, 4.69) is 13.5 Å². The standard InChI is InChI=1S/C28H44O7/c1-16-11-12-20(35-25(4,5)6)27(9)14-21(33-15-32-10)28(31)17(2)13-19(30)23(26(28,7)8)24(22(16)27)34-18(3)29/h13,20-24,31H,1,11-12,14-15H2,2-10H3/t20-,21+,22+,23-,24+,27+,28-/m0/s1. The van der Waals surface area contributed by atoms with Gasteiger partial charge in [0.1, 0.15) is 18.5 Å². The molecule has 2 saturated carbocycles. The van der Waals surface area contributed by atoms with Crippen LogP contribution in [0.5, 0.6) is 0 Å². The zero-order chi connectivity index (χ0) is 26.6. The Morgan fingerprint density at radius 1 is 1.20 bits per heavy atom. The maximum atomic E-state index is 13.6. The molecule has 3 aliphatic carbocycles. The third-order valence-electron chi connectivity index (χ3n) is 8.57. The number of rotatable bonds is 5. The highest BCUT2D eigenvalue weighted by Gasteiger charge is 2.68. The molecule has 0 unspecified atom stereocenters. The van der Waals surface area contributed by atoms with Gasteiger partial charge in [-0.05, 0) is 58.6 Å². The Kier molecular flexibility index (Phi) is 7.53. The SMILES string of the molecule is C=C1CC[C@H](OC(C)(C)C)[C@@]2(C)C[C@@H](OCOC)[C@@]3(O)C(C)=CC(=O)[C@@H]([C@H](OC(C)=O)[C@@H]12)C3(C)C. The van der Waals surface area contributed by atoms with Gasteiger partial charge in [-0.25, -0.2) is 0 Å². The van der Waals surface area contributed by atoms with Crippen molar-refractivity contribution in [1.29, 1.82) is 0 Å². The van der Waals surface area contributed by atoms with Gasteiger partial charge >= 0.3 is 5.97 Å². The van der Waals surface area contributed by atoms with Crippen LogP contribution in [0.4, 0.5) is 0 Å². The first-order chi connectivity index (χ1) is 16.0. The first-order valence-electron chi connectivity index (χ1n) is 12.6. The zero-order valence-corrected chi connectivity index (χ0v) is 22.9. The smallest absolute Gasteiger partial charge is 0.302 e. The lowest BCUT2D eigenvalue weighted by Gasteiger charge is -2.62. The molecule has 0 aromatic rings. The lowest BCUT2D eigenvalue weighted by molar-refractivity contribution is -0.251. The van der Waals surface area contributed by atoms with Crippen LogP contribution in [0.3, 0.4) is 0 Å². The van der Waals surface area contributed by atoms with E-state index in [1.165, 1.54) is 13.0 Å². The summed E-state index contributed by atoms with van der Waals surface area (Å²) < 4.78 is 24.1. The minimum atomic E-state index is -1.50. The van der Waals surface area contributed by atoms with Crippen molar-refractivity contribution in [3.8, 4) is 0 Å². The highest BCUT2D eigenvalue weighted by Crippen LogP contribution is 2.61. The topological polar surface area (TPSA) is 91.3 Å². The molecule has 0 aromatic heterocycles. The average Bonchev–Trinajstić information content (AvgIpc) is 2.69. The number of ketones is 1. The molecule has 35 heavy (non-hydrogen) atoms. The number of esters is 1. The van der Waals surface area contributed by atoms with Gasteiger partial charge in [0.2, 0.25) is 0 Å². The van der Waals surface area contributed by atoms with Crippen LogP contribution >= 0.6 is 0 Å². The van der Waals surface area contributed by atoms with Crippen molar-refractivity contribution in [2.45, 2.75) is 104 Å². The highest BCUT2D eigenvalue weighted by molar-refractivity contribution is 5.95. The zero-order valence-electron chi connectivity index (χ0n) is 22.9. The van der Waals surface area contributed by atoms with E-state index in [-0.39, 0.29) is 24.6 Å². The van der Waals surface area contributed by atoms with Gasteiger partial charge in [0.25, 0.3) is 0 Å². The summed E-state index contributed by atoms with van der Waals surface area (Å²) in [5.74, 6) is -1.77. The number of hydrogen-bond acceptors (Lipinski definition) is 7. The molecule has 0 amide bonds. The van der Waals surface area contributed by atoms with E-state index in [1.807, 2.05) is 34.6 Å². The third kappa shape index (κ3) is 4.65. The van der Waals surface area contributed by atoms with Gasteiger partial charge in [0.05, 0.1) is 23.7 Å². The van der Waals surface area contributed by atoms with E-state index in [1.54, 1.807) is 14.0 Å². The van der Waals surface area contributed by atoms with Crippen LogP contribution in [0.25, 0.3) is 0 Å². The van der Waals surface area contributed by atoms with Crippen molar-refractivity contribution in [2.75, 3.05) is 13.9 Å². The molecule has 0 saturated heterocycles. The van der Waals surface area contributed by atoms with Gasteiger partial charge in [-0.3, -0.25) is 9.59 Å². The van der Waals surface area contributed by atoms with Gasteiger partial charge < -0.3 is 24.1 Å². The fourth-order valence-corrected chi connectivity index (χ4v) is 7.11. The largest absolute Gasteiger partial charge is 0.461 e. The van der Waals surface area contributed by atoms with Crippen LogP contribution in [-0.2, 0) is 28.5 Å². The first kappa shape index (κ1) is 28.0. The predicted octanol–water partition coefficient (Wildman–Crippen LogP) is 4.37. The molecule has 0 heterocycles. The van der Waals surface area contributed by atoms with Crippen molar-refractivity contribution in [3.05, 3.63) is 23.8 Å². The van der Waals surface area contributed by atoms with Gasteiger partial charge in [0, 0.05) is 30.8 Å². The molecular weight excluding hydrogens is 448 g/mol. The number of hydrogen-bond donors (Lipinski definition) is 1.